The van der Waals surface area contributed by atoms with Gasteiger partial charge in [0.15, 0.2) is 0 Å². The van der Waals surface area contributed by atoms with Gasteiger partial charge in [0, 0.05) is 35.1 Å². The maximum absolute atomic E-state index is 12.8. The monoisotopic (exact) mass is 406 g/mol. The molecule has 0 spiro atoms. The van der Waals surface area contributed by atoms with Gasteiger partial charge in [0.1, 0.15) is 5.76 Å². The third kappa shape index (κ3) is 4.18. The number of hydroxylamine groups is 2. The molecule has 1 aliphatic rings. The third-order valence-corrected chi connectivity index (χ3v) is 5.00. The molecule has 0 saturated heterocycles. The molecular weight excluding hydrogens is 389 g/mol. The lowest BCUT2D eigenvalue weighted by atomic mass is 10.1. The number of aromatic amines is 1. The van der Waals surface area contributed by atoms with Gasteiger partial charge in [-0.25, -0.2) is 0 Å². The van der Waals surface area contributed by atoms with E-state index in [1.165, 1.54) is 12.1 Å². The first-order valence-corrected chi connectivity index (χ1v) is 9.30. The molecule has 1 aromatic heterocycles. The number of nitrogens with zero attached hydrogens (tertiary/aromatic N) is 1. The SMILES string of the molecule is FC(F)(F)c1cccc(CC2=CCN(CCc3c[nH]c4ccc(Cl)cc34)O2)c1. The van der Waals surface area contributed by atoms with Crippen LogP contribution in [0.15, 0.2) is 60.5 Å². The number of rotatable bonds is 5. The lowest BCUT2D eigenvalue weighted by Gasteiger charge is -2.16. The fourth-order valence-corrected chi connectivity index (χ4v) is 3.52. The lowest BCUT2D eigenvalue weighted by molar-refractivity contribution is -0.137. The highest BCUT2D eigenvalue weighted by Crippen LogP contribution is 2.30. The van der Waals surface area contributed by atoms with Crippen LogP contribution < -0.4 is 0 Å². The Balaban J connectivity index is 1.35. The Kier molecular flexibility index (Phi) is 5.08. The minimum atomic E-state index is -4.34. The summed E-state index contributed by atoms with van der Waals surface area (Å²) in [5, 5.41) is 3.59. The number of nitrogens with one attached hydrogen (secondary N) is 1. The molecule has 2 aromatic carbocycles. The number of alkyl halides is 3. The molecule has 1 aliphatic heterocycles. The number of benzene rings is 2. The zero-order valence-electron chi connectivity index (χ0n) is 14.9. The molecule has 146 valence electrons. The highest BCUT2D eigenvalue weighted by molar-refractivity contribution is 6.31. The molecule has 0 bridgehead atoms. The van der Waals surface area contributed by atoms with Gasteiger partial charge in [0.2, 0.25) is 0 Å². The summed E-state index contributed by atoms with van der Waals surface area (Å²) in [6.45, 7) is 1.28. The van der Waals surface area contributed by atoms with E-state index < -0.39 is 11.7 Å². The highest BCUT2D eigenvalue weighted by atomic mass is 35.5. The Morgan fingerprint density at radius 2 is 2.00 bits per heavy atom. The van der Waals surface area contributed by atoms with Crippen LogP contribution in [0.2, 0.25) is 5.02 Å². The maximum atomic E-state index is 12.8. The summed E-state index contributed by atoms with van der Waals surface area (Å²) in [4.78, 5) is 9.03. The van der Waals surface area contributed by atoms with Crippen LogP contribution in [0.4, 0.5) is 13.2 Å². The first-order valence-electron chi connectivity index (χ1n) is 8.92. The second-order valence-corrected chi connectivity index (χ2v) is 7.21. The Morgan fingerprint density at radius 3 is 2.82 bits per heavy atom. The van der Waals surface area contributed by atoms with E-state index in [-0.39, 0.29) is 0 Å². The Hall–Kier alpha value is -2.44. The zero-order chi connectivity index (χ0) is 19.7. The van der Waals surface area contributed by atoms with Gasteiger partial charge in [0.25, 0.3) is 0 Å². The van der Waals surface area contributed by atoms with Crippen molar-refractivity contribution >= 4 is 22.5 Å². The number of aromatic nitrogens is 1. The van der Waals surface area contributed by atoms with Crippen LogP contribution in [-0.2, 0) is 23.9 Å². The first kappa shape index (κ1) is 18.9. The molecule has 3 nitrogen and oxygen atoms in total. The quantitative estimate of drug-likeness (QED) is 0.583. The molecular formula is C21H18ClF3N2O. The fraction of sp³-hybridized carbons (Fsp3) is 0.238. The summed E-state index contributed by atoms with van der Waals surface area (Å²) in [5.74, 6) is 0.668. The van der Waals surface area contributed by atoms with E-state index in [1.54, 1.807) is 6.07 Å². The fourth-order valence-electron chi connectivity index (χ4n) is 3.35. The molecule has 0 fully saturated rings. The summed E-state index contributed by atoms with van der Waals surface area (Å²) in [5.41, 5.74) is 2.12. The predicted molar refractivity (Wildman–Crippen MR) is 103 cm³/mol. The van der Waals surface area contributed by atoms with Crippen molar-refractivity contribution in [3.63, 3.8) is 0 Å². The largest absolute Gasteiger partial charge is 0.416 e. The molecule has 2 heterocycles. The molecule has 0 radical (unpaired) electrons. The number of halogens is 4. The smallest absolute Gasteiger partial charge is 0.410 e. The van der Waals surface area contributed by atoms with Gasteiger partial charge in [-0.15, -0.1) is 5.06 Å². The highest BCUT2D eigenvalue weighted by Gasteiger charge is 2.30. The van der Waals surface area contributed by atoms with E-state index in [2.05, 4.69) is 4.98 Å². The third-order valence-electron chi connectivity index (χ3n) is 4.76. The molecule has 1 N–H and O–H groups in total. The van der Waals surface area contributed by atoms with Crippen LogP contribution in [0.1, 0.15) is 16.7 Å². The Morgan fingerprint density at radius 1 is 1.14 bits per heavy atom. The van der Waals surface area contributed by atoms with E-state index in [0.717, 1.165) is 29.0 Å². The van der Waals surface area contributed by atoms with Crippen LogP contribution in [-0.4, -0.2) is 23.1 Å². The number of hydrogen-bond acceptors (Lipinski definition) is 2. The van der Waals surface area contributed by atoms with E-state index in [4.69, 9.17) is 16.4 Å². The Labute approximate surface area is 165 Å². The van der Waals surface area contributed by atoms with Crippen molar-refractivity contribution in [2.45, 2.75) is 19.0 Å². The number of fused-ring (bicyclic) bond motifs is 1. The summed E-state index contributed by atoms with van der Waals surface area (Å²) < 4.78 is 38.5. The maximum Gasteiger partial charge on any atom is 0.416 e. The number of allylic oxidation sites excluding steroid dienone is 1. The van der Waals surface area contributed by atoms with Gasteiger partial charge < -0.3 is 9.82 Å². The summed E-state index contributed by atoms with van der Waals surface area (Å²) in [7, 11) is 0. The van der Waals surface area contributed by atoms with Crippen LogP contribution in [0, 0.1) is 0 Å². The average Bonchev–Trinajstić information content (AvgIpc) is 3.26. The standard InChI is InChI=1S/C21H18ClF3N2O/c22-17-4-5-20-19(12-17)15(13-26-20)6-8-27-9-7-18(28-27)11-14-2-1-3-16(10-14)21(23,24)25/h1-5,7,10,12-13,26H,6,8-9,11H2. The van der Waals surface area contributed by atoms with Gasteiger partial charge >= 0.3 is 6.18 Å². The van der Waals surface area contributed by atoms with Crippen molar-refractivity contribution in [2.24, 2.45) is 0 Å². The molecule has 4 rings (SSSR count). The molecule has 0 atom stereocenters. The first-order chi connectivity index (χ1) is 13.4. The molecule has 3 aromatic rings. The summed E-state index contributed by atoms with van der Waals surface area (Å²) in [6, 6.07) is 11.1. The van der Waals surface area contributed by atoms with Crippen LogP contribution in [0.25, 0.3) is 10.9 Å². The molecule has 0 unspecified atom stereocenters. The summed E-state index contributed by atoms with van der Waals surface area (Å²) in [6.07, 6.45) is 0.643. The minimum Gasteiger partial charge on any atom is -0.410 e. The topological polar surface area (TPSA) is 28.3 Å². The minimum absolute atomic E-state index is 0.336. The van der Waals surface area contributed by atoms with Crippen molar-refractivity contribution in [3.05, 3.63) is 82.2 Å². The predicted octanol–water partition coefficient (Wildman–Crippen LogP) is 5.76. The number of hydrogen-bond donors (Lipinski definition) is 1. The van der Waals surface area contributed by atoms with Gasteiger partial charge in [-0.2, -0.15) is 13.2 Å². The van der Waals surface area contributed by atoms with Crippen molar-refractivity contribution in [3.8, 4) is 0 Å². The van der Waals surface area contributed by atoms with Crippen molar-refractivity contribution in [2.75, 3.05) is 13.1 Å². The molecule has 7 heteroatoms. The average molecular weight is 407 g/mol. The van der Waals surface area contributed by atoms with Crippen LogP contribution in [0.3, 0.4) is 0 Å². The second-order valence-electron chi connectivity index (χ2n) is 6.78. The summed E-state index contributed by atoms with van der Waals surface area (Å²) >= 11 is 6.08. The molecule has 0 amide bonds. The van der Waals surface area contributed by atoms with Gasteiger partial charge in [-0.1, -0.05) is 29.8 Å². The zero-order valence-corrected chi connectivity index (χ0v) is 15.6. The van der Waals surface area contributed by atoms with Gasteiger partial charge in [0.05, 0.1) is 12.1 Å². The van der Waals surface area contributed by atoms with E-state index in [1.807, 2.05) is 35.5 Å². The number of H-pyrrole nitrogens is 1. The normalized spacial score (nSPS) is 15.1. The van der Waals surface area contributed by atoms with E-state index in [9.17, 15) is 13.2 Å². The van der Waals surface area contributed by atoms with Gasteiger partial charge in [-0.05, 0) is 47.9 Å². The molecule has 28 heavy (non-hydrogen) atoms. The molecule has 0 saturated carbocycles. The Bertz CT molecular complexity index is 1030. The van der Waals surface area contributed by atoms with Crippen molar-refractivity contribution in [1.82, 2.24) is 10.0 Å². The van der Waals surface area contributed by atoms with Crippen molar-refractivity contribution in [1.29, 1.82) is 0 Å². The van der Waals surface area contributed by atoms with E-state index in [0.29, 0.717) is 35.9 Å². The van der Waals surface area contributed by atoms with Gasteiger partial charge in [-0.3, -0.25) is 0 Å². The van der Waals surface area contributed by atoms with Crippen LogP contribution in [0.5, 0.6) is 0 Å². The van der Waals surface area contributed by atoms with Crippen molar-refractivity contribution < 1.29 is 18.0 Å². The van der Waals surface area contributed by atoms with Crippen LogP contribution >= 0.6 is 11.6 Å². The van der Waals surface area contributed by atoms with E-state index >= 15 is 0 Å². The molecule has 0 aliphatic carbocycles. The lowest BCUT2D eigenvalue weighted by Crippen LogP contribution is -2.22. The second kappa shape index (κ2) is 7.53.